The number of nitrogens with zero attached hydrogens (tertiary/aromatic N) is 5. The fourth-order valence-electron chi connectivity index (χ4n) is 3.04. The van der Waals surface area contributed by atoms with Crippen LogP contribution in [0.1, 0.15) is 45.6 Å². The third-order valence-electron chi connectivity index (χ3n) is 4.56. The maximum Gasteiger partial charge on any atom is 0.272 e. The Bertz CT molecular complexity index is 1060. The molecule has 0 aliphatic carbocycles. The predicted octanol–water partition coefficient (Wildman–Crippen LogP) is 6.62. The molecule has 0 saturated heterocycles. The number of non-ortho nitro benzene ring substituents is 1. The van der Waals surface area contributed by atoms with Crippen LogP contribution in [0.5, 0.6) is 0 Å². The lowest BCUT2D eigenvalue weighted by Gasteiger charge is -2.24. The van der Waals surface area contributed by atoms with Gasteiger partial charge in [0.05, 0.1) is 20.6 Å². The zero-order chi connectivity index (χ0) is 23.7. The average molecular weight is 501 g/mol. The Morgan fingerprint density at radius 1 is 1.19 bits per heavy atom. The zero-order valence-electron chi connectivity index (χ0n) is 18.3. The molecule has 0 unspecified atom stereocenters. The smallest absolute Gasteiger partial charge is 0.272 e. The minimum Gasteiger partial charge on any atom is -0.371 e. The first-order valence-corrected chi connectivity index (χ1v) is 11.1. The van der Waals surface area contributed by atoms with E-state index in [-0.39, 0.29) is 27.3 Å². The number of nitro benzene ring substituents is 1. The summed E-state index contributed by atoms with van der Waals surface area (Å²) in [6, 6.07) is 9.87. The summed E-state index contributed by atoms with van der Waals surface area (Å²) >= 11 is 3.23. The maximum absolute atomic E-state index is 12.1. The number of nitrogens with one attached hydrogen (secondary N) is 1. The molecule has 0 aliphatic heterocycles. The number of carbonyl (C=O) groups is 1. The van der Waals surface area contributed by atoms with Gasteiger partial charge in [0.15, 0.2) is 0 Å². The number of halogens is 1. The number of hydrogen-bond acceptors (Lipinski definition) is 7. The van der Waals surface area contributed by atoms with Crippen LogP contribution in [0.2, 0.25) is 0 Å². The van der Waals surface area contributed by atoms with Crippen LogP contribution < -0.4 is 10.2 Å². The molecule has 0 spiro atoms. The van der Waals surface area contributed by atoms with Crippen LogP contribution >= 0.6 is 15.9 Å². The van der Waals surface area contributed by atoms with Crippen molar-refractivity contribution in [1.29, 1.82) is 5.26 Å². The Kier molecular flexibility index (Phi) is 9.28. The molecule has 1 N–H and O–H groups in total. The van der Waals surface area contributed by atoms with Crippen molar-refractivity contribution in [3.05, 3.63) is 50.5 Å². The lowest BCUT2D eigenvalue weighted by atomic mass is 10.2. The molecule has 0 heterocycles. The minimum absolute atomic E-state index is 0.0163. The van der Waals surface area contributed by atoms with Crippen LogP contribution in [-0.4, -0.2) is 23.9 Å². The van der Waals surface area contributed by atoms with E-state index in [9.17, 15) is 20.2 Å². The minimum atomic E-state index is -0.581. The number of anilines is 2. The van der Waals surface area contributed by atoms with Gasteiger partial charge in [0.1, 0.15) is 17.4 Å². The highest BCUT2D eigenvalue weighted by atomic mass is 79.9. The molecule has 0 aromatic heterocycles. The molecule has 10 heteroatoms. The number of azo groups is 1. The van der Waals surface area contributed by atoms with E-state index in [2.05, 4.69) is 50.2 Å². The standard InChI is InChI=1S/C22H25BrN6O3/c1-4-9-28(10-5-2)16-7-8-19(20(13-16)25-21(30)6-3)26-27-22-15(14-24)11-17(29(31)32)12-18(22)23/h7-8,11-13H,4-6,9-10H2,1-3H3,(H,25,30)/b27-26+. The first kappa shape index (κ1) is 24.9. The fourth-order valence-corrected chi connectivity index (χ4v) is 3.56. The summed E-state index contributed by atoms with van der Waals surface area (Å²) in [4.78, 5) is 24.8. The Hall–Kier alpha value is -3.32. The first-order chi connectivity index (χ1) is 15.3. The number of nitro groups is 1. The van der Waals surface area contributed by atoms with Gasteiger partial charge in [-0.2, -0.15) is 5.26 Å². The second kappa shape index (κ2) is 11.9. The van der Waals surface area contributed by atoms with Crippen molar-refractivity contribution in [2.45, 2.75) is 40.0 Å². The van der Waals surface area contributed by atoms with Gasteiger partial charge in [0.2, 0.25) is 5.91 Å². The van der Waals surface area contributed by atoms with Crippen LogP contribution in [0.3, 0.4) is 0 Å². The molecule has 2 aromatic carbocycles. The molecule has 0 atom stereocenters. The van der Waals surface area contributed by atoms with Gasteiger partial charge < -0.3 is 10.2 Å². The van der Waals surface area contributed by atoms with E-state index in [1.807, 2.05) is 18.2 Å². The van der Waals surface area contributed by atoms with E-state index >= 15 is 0 Å². The molecule has 0 radical (unpaired) electrons. The highest BCUT2D eigenvalue weighted by molar-refractivity contribution is 9.10. The van der Waals surface area contributed by atoms with Crippen molar-refractivity contribution in [3.63, 3.8) is 0 Å². The fraction of sp³-hybridized carbons (Fsp3) is 0.364. The van der Waals surface area contributed by atoms with Crippen molar-refractivity contribution < 1.29 is 9.72 Å². The van der Waals surface area contributed by atoms with Gasteiger partial charge in [-0.25, -0.2) is 0 Å². The van der Waals surface area contributed by atoms with Crippen molar-refractivity contribution in [3.8, 4) is 6.07 Å². The molecular formula is C22H25BrN6O3. The maximum atomic E-state index is 12.1. The Morgan fingerprint density at radius 3 is 2.44 bits per heavy atom. The second-order valence-electron chi connectivity index (χ2n) is 6.98. The molecular weight excluding hydrogens is 476 g/mol. The Labute approximate surface area is 195 Å². The van der Waals surface area contributed by atoms with Crippen LogP contribution in [0.25, 0.3) is 0 Å². The first-order valence-electron chi connectivity index (χ1n) is 10.3. The Balaban J connectivity index is 2.50. The molecule has 0 saturated carbocycles. The molecule has 2 rings (SSSR count). The van der Waals surface area contributed by atoms with E-state index < -0.39 is 4.92 Å². The highest BCUT2D eigenvalue weighted by Gasteiger charge is 2.16. The van der Waals surface area contributed by atoms with Gasteiger partial charge in [-0.3, -0.25) is 14.9 Å². The van der Waals surface area contributed by atoms with Crippen LogP contribution in [0.4, 0.5) is 28.4 Å². The number of benzene rings is 2. The average Bonchev–Trinajstić information content (AvgIpc) is 2.78. The summed E-state index contributed by atoms with van der Waals surface area (Å²) in [6.07, 6.45) is 2.29. The molecule has 0 aliphatic rings. The number of carbonyl (C=O) groups excluding carboxylic acids is 1. The van der Waals surface area contributed by atoms with Crippen molar-refractivity contribution in [1.82, 2.24) is 0 Å². The molecule has 0 fully saturated rings. The predicted molar refractivity (Wildman–Crippen MR) is 128 cm³/mol. The summed E-state index contributed by atoms with van der Waals surface area (Å²) < 4.78 is 0.278. The molecule has 32 heavy (non-hydrogen) atoms. The van der Waals surface area contributed by atoms with Crippen LogP contribution in [-0.2, 0) is 4.79 Å². The molecule has 2 aromatic rings. The number of hydrogen-bond donors (Lipinski definition) is 1. The van der Waals surface area contributed by atoms with E-state index in [1.54, 1.807) is 13.0 Å². The molecule has 1 amide bonds. The summed E-state index contributed by atoms with van der Waals surface area (Å²) in [5.41, 5.74) is 1.86. The van der Waals surface area contributed by atoms with Crippen molar-refractivity contribution in [2.24, 2.45) is 10.2 Å². The van der Waals surface area contributed by atoms with Gasteiger partial charge in [-0.1, -0.05) is 20.8 Å². The van der Waals surface area contributed by atoms with E-state index in [1.165, 1.54) is 6.07 Å². The molecule has 9 nitrogen and oxygen atoms in total. The molecule has 168 valence electrons. The van der Waals surface area contributed by atoms with E-state index in [0.29, 0.717) is 17.8 Å². The van der Waals surface area contributed by atoms with E-state index in [0.717, 1.165) is 37.7 Å². The zero-order valence-corrected chi connectivity index (χ0v) is 19.8. The quantitative estimate of drug-likeness (QED) is 0.223. The summed E-state index contributed by atoms with van der Waals surface area (Å²) in [5.74, 6) is -0.162. The van der Waals surface area contributed by atoms with Gasteiger partial charge in [-0.05, 0) is 47.0 Å². The van der Waals surface area contributed by atoms with Gasteiger partial charge >= 0.3 is 0 Å². The summed E-state index contributed by atoms with van der Waals surface area (Å²) in [7, 11) is 0. The Morgan fingerprint density at radius 2 is 1.88 bits per heavy atom. The summed E-state index contributed by atoms with van der Waals surface area (Å²) in [6.45, 7) is 7.75. The van der Waals surface area contributed by atoms with Gasteiger partial charge in [0, 0.05) is 37.3 Å². The van der Waals surface area contributed by atoms with Gasteiger partial charge in [-0.15, -0.1) is 10.2 Å². The summed E-state index contributed by atoms with van der Waals surface area (Å²) in [5, 5.41) is 31.7. The number of rotatable bonds is 10. The largest absolute Gasteiger partial charge is 0.371 e. The third-order valence-corrected chi connectivity index (χ3v) is 5.17. The number of amides is 1. The molecule has 0 bridgehead atoms. The lowest BCUT2D eigenvalue weighted by Crippen LogP contribution is -2.25. The van der Waals surface area contributed by atoms with Crippen molar-refractivity contribution in [2.75, 3.05) is 23.3 Å². The normalized spacial score (nSPS) is 10.7. The number of nitriles is 1. The van der Waals surface area contributed by atoms with Crippen LogP contribution in [0, 0.1) is 21.4 Å². The topological polar surface area (TPSA) is 124 Å². The van der Waals surface area contributed by atoms with Crippen molar-refractivity contribution >= 4 is 50.3 Å². The highest BCUT2D eigenvalue weighted by Crippen LogP contribution is 2.37. The second-order valence-corrected chi connectivity index (χ2v) is 7.84. The lowest BCUT2D eigenvalue weighted by molar-refractivity contribution is -0.384. The monoisotopic (exact) mass is 500 g/mol. The SMILES string of the molecule is CCCN(CCC)c1ccc(/N=N/c2c(Br)cc([N+](=O)[O-])cc2C#N)c(NC(=O)CC)c1. The van der Waals surface area contributed by atoms with Crippen LogP contribution in [0.15, 0.2) is 45.0 Å². The third kappa shape index (κ3) is 6.34. The van der Waals surface area contributed by atoms with Gasteiger partial charge in [0.25, 0.3) is 5.69 Å². The van der Waals surface area contributed by atoms with E-state index in [4.69, 9.17) is 0 Å².